The van der Waals surface area contributed by atoms with E-state index in [2.05, 4.69) is 40.2 Å². The topological polar surface area (TPSA) is 36.4 Å². The van der Waals surface area contributed by atoms with Crippen LogP contribution in [0.1, 0.15) is 0 Å². The molecule has 1 fully saturated rings. The van der Waals surface area contributed by atoms with Gasteiger partial charge in [0.15, 0.2) is 0 Å². The highest BCUT2D eigenvalue weighted by molar-refractivity contribution is 7.99. The second kappa shape index (κ2) is 7.79. The summed E-state index contributed by atoms with van der Waals surface area (Å²) in [5, 5.41) is 2.03. The van der Waals surface area contributed by atoms with Crippen molar-refractivity contribution >= 4 is 34.3 Å². The zero-order valence-corrected chi connectivity index (χ0v) is 15.4. The first-order valence-electron chi connectivity index (χ1n) is 8.86. The van der Waals surface area contributed by atoms with Crippen LogP contribution in [0, 0.1) is 0 Å². The molecule has 1 amide bonds. The molecule has 0 bridgehead atoms. The molecule has 2 heterocycles. The molecule has 0 aliphatic carbocycles. The van der Waals surface area contributed by atoms with Crippen LogP contribution in [0.3, 0.4) is 0 Å². The Labute approximate surface area is 157 Å². The Balaban J connectivity index is 1.31. The summed E-state index contributed by atoms with van der Waals surface area (Å²) in [6.07, 6.45) is 0. The summed E-state index contributed by atoms with van der Waals surface area (Å²) in [4.78, 5) is 21.5. The largest absolute Gasteiger partial charge is 0.368 e. The molecule has 0 saturated carbocycles. The van der Waals surface area contributed by atoms with Crippen LogP contribution < -0.4 is 4.90 Å². The van der Waals surface area contributed by atoms with Crippen LogP contribution in [0.2, 0.25) is 0 Å². The second-order valence-electron chi connectivity index (χ2n) is 6.33. The molecule has 0 atom stereocenters. The highest BCUT2D eigenvalue weighted by Crippen LogP contribution is 2.21. The SMILES string of the molecule is O=C(CSc1ccc2ccccc2n1)N1CCN(c2ccccc2)CC1. The molecular weight excluding hydrogens is 342 g/mol. The maximum Gasteiger partial charge on any atom is 0.233 e. The van der Waals surface area contributed by atoms with Crippen molar-refractivity contribution in [3.8, 4) is 0 Å². The van der Waals surface area contributed by atoms with Crippen molar-refractivity contribution in [1.82, 2.24) is 9.88 Å². The Kier molecular flexibility index (Phi) is 5.07. The molecule has 5 heteroatoms. The summed E-state index contributed by atoms with van der Waals surface area (Å²) in [5.74, 6) is 0.633. The number of hydrogen-bond donors (Lipinski definition) is 0. The van der Waals surface area contributed by atoms with E-state index in [9.17, 15) is 4.79 Å². The van der Waals surface area contributed by atoms with Crippen LogP contribution in [0.5, 0.6) is 0 Å². The van der Waals surface area contributed by atoms with Gasteiger partial charge < -0.3 is 9.80 Å². The molecule has 0 radical (unpaired) electrons. The minimum absolute atomic E-state index is 0.192. The van der Waals surface area contributed by atoms with E-state index in [1.165, 1.54) is 17.4 Å². The fourth-order valence-electron chi connectivity index (χ4n) is 3.21. The number of hydrogen-bond acceptors (Lipinski definition) is 4. The molecule has 0 N–H and O–H groups in total. The molecule has 132 valence electrons. The molecule has 1 aliphatic heterocycles. The lowest BCUT2D eigenvalue weighted by Crippen LogP contribution is -2.49. The number of thioether (sulfide) groups is 1. The average Bonchev–Trinajstić information content (AvgIpc) is 2.72. The number of anilines is 1. The third-order valence-corrected chi connectivity index (χ3v) is 5.58. The van der Waals surface area contributed by atoms with Crippen LogP contribution in [0.15, 0.2) is 71.8 Å². The van der Waals surface area contributed by atoms with Crippen molar-refractivity contribution in [3.63, 3.8) is 0 Å². The van der Waals surface area contributed by atoms with Crippen LogP contribution >= 0.6 is 11.8 Å². The first kappa shape index (κ1) is 16.9. The lowest BCUT2D eigenvalue weighted by molar-refractivity contribution is -0.128. The van der Waals surface area contributed by atoms with Crippen molar-refractivity contribution in [3.05, 3.63) is 66.7 Å². The lowest BCUT2D eigenvalue weighted by Gasteiger charge is -2.36. The first-order chi connectivity index (χ1) is 12.8. The standard InChI is InChI=1S/C21H21N3OS/c25-21(16-26-20-11-10-17-6-4-5-9-19(17)22-20)24-14-12-23(13-15-24)18-7-2-1-3-8-18/h1-11H,12-16H2. The van der Waals surface area contributed by atoms with Gasteiger partial charge in [0, 0.05) is 37.3 Å². The Hall–Kier alpha value is -2.53. The molecule has 1 aromatic heterocycles. The quantitative estimate of drug-likeness (QED) is 0.663. The van der Waals surface area contributed by atoms with Gasteiger partial charge in [0.1, 0.15) is 0 Å². The molecule has 4 rings (SSSR count). The maximum absolute atomic E-state index is 12.5. The zero-order chi connectivity index (χ0) is 17.8. The van der Waals surface area contributed by atoms with Crippen molar-refractivity contribution in [2.75, 3.05) is 36.8 Å². The Morgan fingerprint density at radius 2 is 1.62 bits per heavy atom. The molecule has 1 saturated heterocycles. The molecule has 4 nitrogen and oxygen atoms in total. The third kappa shape index (κ3) is 3.83. The van der Waals surface area contributed by atoms with Gasteiger partial charge in [-0.05, 0) is 24.3 Å². The van der Waals surface area contributed by atoms with Crippen LogP contribution in [0.4, 0.5) is 5.69 Å². The van der Waals surface area contributed by atoms with Gasteiger partial charge in [-0.25, -0.2) is 4.98 Å². The number of carbonyl (C=O) groups excluding carboxylic acids is 1. The Morgan fingerprint density at radius 3 is 2.42 bits per heavy atom. The number of pyridine rings is 1. The molecule has 0 unspecified atom stereocenters. The van der Waals surface area contributed by atoms with Gasteiger partial charge in [0.25, 0.3) is 0 Å². The molecule has 1 aliphatic rings. The average molecular weight is 363 g/mol. The van der Waals surface area contributed by atoms with Crippen molar-refractivity contribution in [1.29, 1.82) is 0 Å². The summed E-state index contributed by atoms with van der Waals surface area (Å²) >= 11 is 1.52. The van der Waals surface area contributed by atoms with Crippen LogP contribution in [-0.4, -0.2) is 47.7 Å². The van der Waals surface area contributed by atoms with E-state index in [4.69, 9.17) is 0 Å². The van der Waals surface area contributed by atoms with Gasteiger partial charge in [0.05, 0.1) is 16.3 Å². The number of carbonyl (C=O) groups is 1. The monoisotopic (exact) mass is 363 g/mol. The van der Waals surface area contributed by atoms with Crippen molar-refractivity contribution in [2.45, 2.75) is 5.03 Å². The minimum atomic E-state index is 0.192. The van der Waals surface area contributed by atoms with E-state index in [1.54, 1.807) is 0 Å². The summed E-state index contributed by atoms with van der Waals surface area (Å²) in [5.41, 5.74) is 2.20. The molecule has 2 aromatic carbocycles. The number of fused-ring (bicyclic) bond motifs is 1. The Bertz CT molecular complexity index is 892. The van der Waals surface area contributed by atoms with Gasteiger partial charge in [0.2, 0.25) is 5.91 Å². The van der Waals surface area contributed by atoms with Gasteiger partial charge in [-0.2, -0.15) is 0 Å². The fraction of sp³-hybridized carbons (Fsp3) is 0.238. The zero-order valence-electron chi connectivity index (χ0n) is 14.5. The van der Waals surface area contributed by atoms with E-state index in [1.807, 2.05) is 41.3 Å². The first-order valence-corrected chi connectivity index (χ1v) is 9.84. The van der Waals surface area contributed by atoms with Crippen molar-refractivity contribution < 1.29 is 4.79 Å². The van der Waals surface area contributed by atoms with E-state index in [0.717, 1.165) is 42.1 Å². The van der Waals surface area contributed by atoms with Gasteiger partial charge in [-0.3, -0.25) is 4.79 Å². The molecular formula is C21H21N3OS. The number of amides is 1. The van der Waals surface area contributed by atoms with Crippen LogP contribution in [-0.2, 0) is 4.79 Å². The second-order valence-corrected chi connectivity index (χ2v) is 7.33. The van der Waals surface area contributed by atoms with Gasteiger partial charge in [-0.1, -0.05) is 54.2 Å². The number of nitrogens with zero attached hydrogens (tertiary/aromatic N) is 3. The highest BCUT2D eigenvalue weighted by atomic mass is 32.2. The Morgan fingerprint density at radius 1 is 0.885 bits per heavy atom. The number of aromatic nitrogens is 1. The van der Waals surface area contributed by atoms with E-state index >= 15 is 0 Å². The van der Waals surface area contributed by atoms with Crippen LogP contribution in [0.25, 0.3) is 10.9 Å². The molecule has 0 spiro atoms. The summed E-state index contributed by atoms with van der Waals surface area (Å²) in [6, 6.07) is 22.5. The third-order valence-electron chi connectivity index (χ3n) is 4.67. The highest BCUT2D eigenvalue weighted by Gasteiger charge is 2.21. The van der Waals surface area contributed by atoms with E-state index in [-0.39, 0.29) is 5.91 Å². The molecule has 3 aromatic rings. The van der Waals surface area contributed by atoms with E-state index < -0.39 is 0 Å². The fourth-order valence-corrected chi connectivity index (χ4v) is 3.99. The normalized spacial score (nSPS) is 14.6. The van der Waals surface area contributed by atoms with Gasteiger partial charge >= 0.3 is 0 Å². The summed E-state index contributed by atoms with van der Waals surface area (Å²) in [7, 11) is 0. The van der Waals surface area contributed by atoms with E-state index in [0.29, 0.717) is 5.75 Å². The smallest absolute Gasteiger partial charge is 0.233 e. The molecule has 26 heavy (non-hydrogen) atoms. The summed E-state index contributed by atoms with van der Waals surface area (Å²) < 4.78 is 0. The number of rotatable bonds is 4. The number of benzene rings is 2. The minimum Gasteiger partial charge on any atom is -0.368 e. The predicted molar refractivity (Wildman–Crippen MR) is 108 cm³/mol. The maximum atomic E-state index is 12.5. The predicted octanol–water partition coefficient (Wildman–Crippen LogP) is 3.68. The summed E-state index contributed by atoms with van der Waals surface area (Å²) in [6.45, 7) is 3.32. The lowest BCUT2D eigenvalue weighted by atomic mass is 10.2. The van der Waals surface area contributed by atoms with Gasteiger partial charge in [-0.15, -0.1) is 0 Å². The number of piperazine rings is 1. The number of para-hydroxylation sites is 2. The van der Waals surface area contributed by atoms with Crippen molar-refractivity contribution in [2.24, 2.45) is 0 Å².